The van der Waals surface area contributed by atoms with Crippen molar-refractivity contribution in [1.82, 2.24) is 0 Å². The molecule has 0 saturated heterocycles. The van der Waals surface area contributed by atoms with Crippen LogP contribution in [0, 0.1) is 0 Å². The Balaban J connectivity index is 1.04. The minimum absolute atomic E-state index is 0.749. The average molecular weight is 621 g/mol. The van der Waals surface area contributed by atoms with Crippen molar-refractivity contribution in [1.29, 1.82) is 0 Å². The number of hydrogen-bond acceptors (Lipinski definition) is 6. The summed E-state index contributed by atoms with van der Waals surface area (Å²) in [4.78, 5) is 4.47. The van der Waals surface area contributed by atoms with Crippen molar-refractivity contribution < 1.29 is 18.9 Å². The Kier molecular flexibility index (Phi) is 5.02. The molecule has 0 aromatic heterocycles. The van der Waals surface area contributed by atoms with E-state index in [-0.39, 0.29) is 0 Å². The highest BCUT2D eigenvalue weighted by atomic mass is 16.5. The van der Waals surface area contributed by atoms with Crippen molar-refractivity contribution in [2.45, 2.75) is 0 Å². The van der Waals surface area contributed by atoms with Crippen LogP contribution in [0.4, 0.5) is 34.1 Å². The smallest absolute Gasteiger partial charge is 0.156 e. The largest absolute Gasteiger partial charge is 0.453 e. The van der Waals surface area contributed by atoms with Gasteiger partial charge in [0.15, 0.2) is 46.0 Å². The first-order valence-corrected chi connectivity index (χ1v) is 15.9. The Bertz CT molecular complexity index is 2200. The maximum atomic E-state index is 6.52. The van der Waals surface area contributed by atoms with Gasteiger partial charge in [-0.05, 0) is 101 Å². The normalized spacial score (nSPS) is 13.6. The predicted octanol–water partition coefficient (Wildman–Crippen LogP) is 12.4. The van der Waals surface area contributed by atoms with Crippen LogP contribution in [0.25, 0.3) is 22.3 Å². The van der Waals surface area contributed by atoms with Crippen LogP contribution in [-0.2, 0) is 0 Å². The first-order valence-electron chi connectivity index (χ1n) is 15.9. The minimum Gasteiger partial charge on any atom is -0.453 e. The van der Waals surface area contributed by atoms with E-state index in [9.17, 15) is 0 Å². The summed E-state index contributed by atoms with van der Waals surface area (Å²) in [5.74, 6) is 6.21. The summed E-state index contributed by atoms with van der Waals surface area (Å²) in [5.41, 5.74) is 9.81. The molecular weight excluding hydrogens is 596 g/mol. The average Bonchev–Trinajstić information content (AvgIpc) is 3.14. The SMILES string of the molecule is c1cc(-c2cc3c4c(c2)Oc2ccccc2N4c2ccccc2O3)cc(-c2cc3c4c(c2)Oc2ccccc2N4c2ccccc2O3)c1. The van der Waals surface area contributed by atoms with Gasteiger partial charge in [-0.2, -0.15) is 0 Å². The molecule has 0 fully saturated rings. The van der Waals surface area contributed by atoms with Gasteiger partial charge in [0.1, 0.15) is 11.4 Å². The van der Waals surface area contributed by atoms with Gasteiger partial charge >= 0.3 is 0 Å². The number of nitrogens with zero attached hydrogens (tertiary/aromatic N) is 2. The van der Waals surface area contributed by atoms with Crippen LogP contribution in [0.1, 0.15) is 0 Å². The highest BCUT2D eigenvalue weighted by Gasteiger charge is 2.36. The maximum Gasteiger partial charge on any atom is 0.156 e. The van der Waals surface area contributed by atoms with Gasteiger partial charge in [-0.15, -0.1) is 0 Å². The third-order valence-electron chi connectivity index (χ3n) is 9.36. The van der Waals surface area contributed by atoms with Crippen LogP contribution < -0.4 is 28.7 Å². The number of hydrogen-bond donors (Lipinski definition) is 0. The fourth-order valence-electron chi connectivity index (χ4n) is 7.26. The van der Waals surface area contributed by atoms with Crippen molar-refractivity contribution in [3.63, 3.8) is 0 Å². The molecule has 7 aromatic rings. The number of ether oxygens (including phenoxy) is 4. The van der Waals surface area contributed by atoms with Gasteiger partial charge in [-0.25, -0.2) is 0 Å². The second-order valence-corrected chi connectivity index (χ2v) is 12.2. The van der Waals surface area contributed by atoms with Crippen molar-refractivity contribution in [3.05, 3.63) is 146 Å². The standard InChI is InChI=1S/C42H24N2O4/c1-5-16-33-29(12-1)43-30-13-2-6-17-34(30)46-38-22-27(21-37(45-33)41(38)43)25-10-9-11-26(20-25)28-23-39-42-40(24-28)48-36-19-8-4-15-32(36)44(42)31-14-3-7-18-35(31)47-39/h1-24H. The summed E-state index contributed by atoms with van der Waals surface area (Å²) >= 11 is 0. The van der Waals surface area contributed by atoms with E-state index in [1.54, 1.807) is 0 Å². The summed E-state index contributed by atoms with van der Waals surface area (Å²) in [5, 5.41) is 0. The quantitative estimate of drug-likeness (QED) is 0.192. The molecule has 0 bridgehead atoms. The molecule has 11 rings (SSSR count). The Morgan fingerprint density at radius 3 is 0.917 bits per heavy atom. The number of rotatable bonds is 2. The minimum atomic E-state index is 0.749. The highest BCUT2D eigenvalue weighted by molar-refractivity contribution is 5.97. The zero-order valence-electron chi connectivity index (χ0n) is 25.4. The van der Waals surface area contributed by atoms with E-state index in [1.165, 1.54) is 0 Å². The second kappa shape index (κ2) is 9.44. The number of fused-ring (bicyclic) bond motifs is 8. The van der Waals surface area contributed by atoms with Gasteiger partial charge in [0.25, 0.3) is 0 Å². The molecule has 226 valence electrons. The Morgan fingerprint density at radius 1 is 0.271 bits per heavy atom. The third kappa shape index (κ3) is 3.57. The zero-order valence-corrected chi connectivity index (χ0v) is 25.4. The van der Waals surface area contributed by atoms with E-state index in [4.69, 9.17) is 18.9 Å². The maximum absolute atomic E-state index is 6.52. The summed E-state index contributed by atoms with van der Waals surface area (Å²) in [7, 11) is 0. The molecular formula is C42H24N2O4. The van der Waals surface area contributed by atoms with Gasteiger partial charge in [-0.3, -0.25) is 9.80 Å². The molecule has 4 aliphatic rings. The van der Waals surface area contributed by atoms with E-state index < -0.39 is 0 Å². The van der Waals surface area contributed by atoms with Crippen molar-refractivity contribution in [2.24, 2.45) is 0 Å². The molecule has 7 aromatic carbocycles. The molecule has 0 N–H and O–H groups in total. The molecule has 0 unspecified atom stereocenters. The van der Waals surface area contributed by atoms with Gasteiger partial charge in [0.05, 0.1) is 22.7 Å². The number of anilines is 6. The Hall–Kier alpha value is -6.66. The van der Waals surface area contributed by atoms with Crippen molar-refractivity contribution in [2.75, 3.05) is 9.80 Å². The predicted molar refractivity (Wildman–Crippen MR) is 187 cm³/mol. The van der Waals surface area contributed by atoms with E-state index in [0.29, 0.717) is 0 Å². The lowest BCUT2D eigenvalue weighted by Gasteiger charge is -2.38. The highest BCUT2D eigenvalue weighted by Crippen LogP contribution is 2.62. The van der Waals surface area contributed by atoms with E-state index in [0.717, 1.165) is 102 Å². The lowest BCUT2D eigenvalue weighted by Crippen LogP contribution is -2.20. The third-order valence-corrected chi connectivity index (χ3v) is 9.36. The van der Waals surface area contributed by atoms with E-state index >= 15 is 0 Å². The fourth-order valence-corrected chi connectivity index (χ4v) is 7.26. The van der Waals surface area contributed by atoms with Crippen LogP contribution in [0.15, 0.2) is 146 Å². The van der Waals surface area contributed by atoms with Crippen molar-refractivity contribution in [3.8, 4) is 68.2 Å². The summed E-state index contributed by atoms with van der Waals surface area (Å²) in [6, 6.07) is 49.4. The topological polar surface area (TPSA) is 43.4 Å². The van der Waals surface area contributed by atoms with Crippen LogP contribution in [0.2, 0.25) is 0 Å². The van der Waals surface area contributed by atoms with E-state index in [1.807, 2.05) is 72.8 Å². The zero-order chi connectivity index (χ0) is 31.3. The lowest BCUT2D eigenvalue weighted by molar-refractivity contribution is 0.446. The summed E-state index contributed by atoms with van der Waals surface area (Å²) in [6.07, 6.45) is 0. The monoisotopic (exact) mass is 620 g/mol. The Morgan fingerprint density at radius 2 is 0.583 bits per heavy atom. The van der Waals surface area contributed by atoms with Gasteiger partial charge in [-0.1, -0.05) is 66.7 Å². The second-order valence-electron chi connectivity index (χ2n) is 12.2. The van der Waals surface area contributed by atoms with Crippen molar-refractivity contribution >= 4 is 34.1 Å². The summed E-state index contributed by atoms with van der Waals surface area (Å²) < 4.78 is 26.1. The fraction of sp³-hybridized carbons (Fsp3) is 0. The van der Waals surface area contributed by atoms with Gasteiger partial charge in [0.2, 0.25) is 0 Å². The van der Waals surface area contributed by atoms with Crippen LogP contribution in [0.3, 0.4) is 0 Å². The molecule has 48 heavy (non-hydrogen) atoms. The molecule has 0 saturated carbocycles. The van der Waals surface area contributed by atoms with Gasteiger partial charge < -0.3 is 18.9 Å². The number of para-hydroxylation sites is 8. The summed E-state index contributed by atoms with van der Waals surface area (Å²) in [6.45, 7) is 0. The molecule has 6 heteroatoms. The van der Waals surface area contributed by atoms with Crippen LogP contribution >= 0.6 is 0 Å². The molecule has 0 spiro atoms. The molecule has 6 nitrogen and oxygen atoms in total. The number of benzene rings is 7. The molecule has 0 atom stereocenters. The Labute approximate surface area is 276 Å². The molecule has 0 aliphatic carbocycles. The molecule has 0 radical (unpaired) electrons. The van der Waals surface area contributed by atoms with Gasteiger partial charge in [0, 0.05) is 0 Å². The molecule has 0 amide bonds. The molecule has 4 aliphatic heterocycles. The van der Waals surface area contributed by atoms with Crippen LogP contribution in [-0.4, -0.2) is 0 Å². The molecule has 4 heterocycles. The first-order chi connectivity index (χ1) is 23.8. The van der Waals surface area contributed by atoms with Crippen LogP contribution in [0.5, 0.6) is 46.0 Å². The lowest BCUT2D eigenvalue weighted by atomic mass is 9.96. The van der Waals surface area contributed by atoms with E-state index in [2.05, 4.69) is 82.6 Å². The first kappa shape index (κ1) is 25.5.